The first-order valence-corrected chi connectivity index (χ1v) is 5.30. The summed E-state index contributed by atoms with van der Waals surface area (Å²) in [5, 5.41) is 11.1. The van der Waals surface area contributed by atoms with Crippen LogP contribution < -0.4 is 5.32 Å². The smallest absolute Gasteiger partial charge is 0.275 e. The maximum atomic E-state index is 12.0. The fraction of sp³-hybridized carbons (Fsp3) is 0.364. The average molecular weight is 233 g/mol. The van der Waals surface area contributed by atoms with Gasteiger partial charge in [0.25, 0.3) is 5.91 Å². The van der Waals surface area contributed by atoms with Gasteiger partial charge in [-0.3, -0.25) is 14.2 Å². The van der Waals surface area contributed by atoms with Crippen LogP contribution in [0.4, 0.5) is 5.82 Å². The lowest BCUT2D eigenvalue weighted by molar-refractivity contribution is 0.101. The molecule has 6 heteroatoms. The van der Waals surface area contributed by atoms with E-state index in [0.29, 0.717) is 11.5 Å². The summed E-state index contributed by atoms with van der Waals surface area (Å²) >= 11 is 0. The van der Waals surface area contributed by atoms with Crippen LogP contribution in [-0.4, -0.2) is 25.5 Å². The van der Waals surface area contributed by atoms with E-state index in [-0.39, 0.29) is 5.91 Å². The molecule has 0 aliphatic rings. The van der Waals surface area contributed by atoms with E-state index in [0.717, 1.165) is 11.4 Å². The molecule has 0 radical (unpaired) electrons. The molecule has 17 heavy (non-hydrogen) atoms. The first-order chi connectivity index (χ1) is 7.97. The number of aryl methyl sites for hydroxylation is 4. The second-order valence-electron chi connectivity index (χ2n) is 4.04. The third-order valence-corrected chi connectivity index (χ3v) is 2.48. The molecule has 0 aromatic carbocycles. The SMILES string of the molecule is Cc1cc(NC(=O)c2cc(C)nn2C)n(C)n1. The molecule has 1 N–H and O–H groups in total. The number of carbonyl (C=O) groups is 1. The zero-order valence-corrected chi connectivity index (χ0v) is 10.4. The lowest BCUT2D eigenvalue weighted by Crippen LogP contribution is -2.17. The Morgan fingerprint density at radius 1 is 1.12 bits per heavy atom. The molecule has 0 aliphatic carbocycles. The number of amides is 1. The molecule has 0 aliphatic heterocycles. The molecular formula is C11H15N5O. The molecular weight excluding hydrogens is 218 g/mol. The molecule has 0 saturated heterocycles. The minimum atomic E-state index is -0.184. The number of hydrogen-bond donors (Lipinski definition) is 1. The van der Waals surface area contributed by atoms with E-state index in [4.69, 9.17) is 0 Å². The highest BCUT2D eigenvalue weighted by Crippen LogP contribution is 2.10. The van der Waals surface area contributed by atoms with Gasteiger partial charge in [-0.05, 0) is 19.9 Å². The van der Waals surface area contributed by atoms with Crippen molar-refractivity contribution in [1.29, 1.82) is 0 Å². The minimum absolute atomic E-state index is 0.184. The fourth-order valence-electron chi connectivity index (χ4n) is 1.73. The van der Waals surface area contributed by atoms with Crippen molar-refractivity contribution >= 4 is 11.7 Å². The Balaban J connectivity index is 2.22. The molecule has 0 unspecified atom stereocenters. The Labute approximate surface area is 99.2 Å². The number of rotatable bonds is 2. The summed E-state index contributed by atoms with van der Waals surface area (Å²) in [5.74, 6) is 0.488. The van der Waals surface area contributed by atoms with Crippen LogP contribution >= 0.6 is 0 Å². The average Bonchev–Trinajstić information content (AvgIpc) is 2.70. The van der Waals surface area contributed by atoms with Gasteiger partial charge >= 0.3 is 0 Å². The lowest BCUT2D eigenvalue weighted by atomic mass is 10.3. The third-order valence-electron chi connectivity index (χ3n) is 2.48. The Hall–Kier alpha value is -2.11. The van der Waals surface area contributed by atoms with Crippen LogP contribution in [0.3, 0.4) is 0 Å². The molecule has 2 heterocycles. The van der Waals surface area contributed by atoms with E-state index in [1.54, 1.807) is 29.5 Å². The van der Waals surface area contributed by atoms with Gasteiger partial charge in [-0.2, -0.15) is 10.2 Å². The standard InChI is InChI=1S/C11H15N5O/c1-7-5-9(15(3)13-7)11(17)12-10-6-8(2)14-16(10)4/h5-6H,1-4H3,(H,12,17). The zero-order chi connectivity index (χ0) is 12.6. The molecule has 2 aromatic heterocycles. The predicted molar refractivity (Wildman–Crippen MR) is 63.8 cm³/mol. The number of carbonyl (C=O) groups excluding carboxylic acids is 1. The van der Waals surface area contributed by atoms with E-state index in [1.807, 2.05) is 19.9 Å². The summed E-state index contributed by atoms with van der Waals surface area (Å²) in [4.78, 5) is 12.0. The van der Waals surface area contributed by atoms with Gasteiger partial charge in [0.1, 0.15) is 11.5 Å². The highest BCUT2D eigenvalue weighted by Gasteiger charge is 2.13. The summed E-state index contributed by atoms with van der Waals surface area (Å²) < 4.78 is 3.20. The van der Waals surface area contributed by atoms with Gasteiger partial charge < -0.3 is 5.32 Å². The first-order valence-electron chi connectivity index (χ1n) is 5.30. The maximum Gasteiger partial charge on any atom is 0.275 e. The Morgan fingerprint density at radius 3 is 2.18 bits per heavy atom. The van der Waals surface area contributed by atoms with E-state index in [2.05, 4.69) is 15.5 Å². The number of nitrogens with zero attached hydrogens (tertiary/aromatic N) is 4. The van der Waals surface area contributed by atoms with Crippen LogP contribution in [0.25, 0.3) is 0 Å². The Bertz CT molecular complexity index is 566. The van der Waals surface area contributed by atoms with Crippen molar-refractivity contribution in [1.82, 2.24) is 19.6 Å². The second kappa shape index (κ2) is 4.04. The summed E-state index contributed by atoms with van der Waals surface area (Å²) in [6, 6.07) is 3.57. The molecule has 0 saturated carbocycles. The molecule has 0 fully saturated rings. The molecule has 1 amide bonds. The van der Waals surface area contributed by atoms with Gasteiger partial charge in [0.05, 0.1) is 11.4 Å². The van der Waals surface area contributed by atoms with Gasteiger partial charge in [-0.15, -0.1) is 0 Å². The van der Waals surface area contributed by atoms with E-state index >= 15 is 0 Å². The van der Waals surface area contributed by atoms with Crippen molar-refractivity contribution < 1.29 is 4.79 Å². The Morgan fingerprint density at radius 2 is 1.71 bits per heavy atom. The van der Waals surface area contributed by atoms with Crippen molar-refractivity contribution in [2.75, 3.05) is 5.32 Å². The molecule has 0 bridgehead atoms. The van der Waals surface area contributed by atoms with Gasteiger partial charge in [0.15, 0.2) is 0 Å². The molecule has 2 rings (SSSR count). The third kappa shape index (κ3) is 2.20. The van der Waals surface area contributed by atoms with Crippen molar-refractivity contribution in [2.45, 2.75) is 13.8 Å². The predicted octanol–water partition coefficient (Wildman–Crippen LogP) is 1.02. The van der Waals surface area contributed by atoms with Crippen molar-refractivity contribution in [3.05, 3.63) is 29.2 Å². The minimum Gasteiger partial charge on any atom is -0.305 e. The largest absolute Gasteiger partial charge is 0.305 e. The van der Waals surface area contributed by atoms with Crippen LogP contribution in [0.15, 0.2) is 12.1 Å². The van der Waals surface area contributed by atoms with Gasteiger partial charge in [0, 0.05) is 20.2 Å². The summed E-state index contributed by atoms with van der Waals surface area (Å²) in [5.41, 5.74) is 2.21. The van der Waals surface area contributed by atoms with Crippen molar-refractivity contribution in [3.63, 3.8) is 0 Å². The number of hydrogen-bond acceptors (Lipinski definition) is 3. The lowest BCUT2D eigenvalue weighted by Gasteiger charge is -2.04. The van der Waals surface area contributed by atoms with Gasteiger partial charge in [-0.1, -0.05) is 0 Å². The molecule has 0 atom stereocenters. The highest BCUT2D eigenvalue weighted by atomic mass is 16.2. The quantitative estimate of drug-likeness (QED) is 0.842. The van der Waals surface area contributed by atoms with Crippen LogP contribution in [0, 0.1) is 13.8 Å². The normalized spacial score (nSPS) is 10.6. The summed E-state index contributed by atoms with van der Waals surface area (Å²) in [6.45, 7) is 3.73. The van der Waals surface area contributed by atoms with Gasteiger partial charge in [0.2, 0.25) is 0 Å². The number of anilines is 1. The molecule has 90 valence electrons. The Kier molecular flexibility index (Phi) is 2.71. The topological polar surface area (TPSA) is 64.7 Å². The highest BCUT2D eigenvalue weighted by molar-refractivity contribution is 6.02. The maximum absolute atomic E-state index is 12.0. The van der Waals surface area contributed by atoms with E-state index < -0.39 is 0 Å². The molecule has 6 nitrogen and oxygen atoms in total. The zero-order valence-electron chi connectivity index (χ0n) is 10.4. The van der Waals surface area contributed by atoms with Crippen LogP contribution in [-0.2, 0) is 14.1 Å². The molecule has 0 spiro atoms. The molecule has 2 aromatic rings. The van der Waals surface area contributed by atoms with Crippen molar-refractivity contribution in [2.24, 2.45) is 14.1 Å². The number of nitrogens with one attached hydrogen (secondary N) is 1. The number of aromatic nitrogens is 4. The second-order valence-corrected chi connectivity index (χ2v) is 4.04. The summed E-state index contributed by atoms with van der Waals surface area (Å²) in [6.07, 6.45) is 0. The van der Waals surface area contributed by atoms with Crippen LogP contribution in [0.1, 0.15) is 21.9 Å². The van der Waals surface area contributed by atoms with Gasteiger partial charge in [-0.25, -0.2) is 0 Å². The fourth-order valence-corrected chi connectivity index (χ4v) is 1.73. The monoisotopic (exact) mass is 233 g/mol. The first kappa shape index (κ1) is 11.4. The van der Waals surface area contributed by atoms with Crippen LogP contribution in [0.2, 0.25) is 0 Å². The van der Waals surface area contributed by atoms with Crippen molar-refractivity contribution in [3.8, 4) is 0 Å². The summed E-state index contributed by atoms with van der Waals surface area (Å²) in [7, 11) is 3.54. The van der Waals surface area contributed by atoms with E-state index in [9.17, 15) is 4.79 Å². The van der Waals surface area contributed by atoms with E-state index in [1.165, 1.54) is 0 Å². The van der Waals surface area contributed by atoms with Crippen LogP contribution in [0.5, 0.6) is 0 Å².